The summed E-state index contributed by atoms with van der Waals surface area (Å²) in [6.07, 6.45) is -1.89. The molecule has 6 heteroatoms. The van der Waals surface area contributed by atoms with Crippen LogP contribution in [-0.4, -0.2) is 22.1 Å². The highest BCUT2D eigenvalue weighted by Crippen LogP contribution is 2.36. The standard InChI is InChI=1S/C10H9F2IO3/c1-16-9(15)7-4-2-6(3-5-7)8(14)10(11,12)13/h2-5,8,14H,1H3. The Bertz CT molecular complexity index is 373. The van der Waals surface area contributed by atoms with Gasteiger partial charge in [0.15, 0.2) is 6.10 Å². The average Bonchev–Trinajstić information content (AvgIpc) is 2.26. The summed E-state index contributed by atoms with van der Waals surface area (Å²) in [4.78, 5) is 11.1. The molecule has 0 radical (unpaired) electrons. The second-order valence-electron chi connectivity index (χ2n) is 3.06. The molecule has 0 saturated heterocycles. The maximum Gasteiger partial charge on any atom is 0.337 e. The van der Waals surface area contributed by atoms with E-state index in [2.05, 4.69) is 4.74 Å². The molecular weight excluding hydrogens is 333 g/mol. The maximum absolute atomic E-state index is 12.8. The Kier molecular flexibility index (Phi) is 4.20. The van der Waals surface area contributed by atoms with Crippen molar-refractivity contribution in [3.8, 4) is 0 Å². The largest absolute Gasteiger partial charge is 0.465 e. The SMILES string of the molecule is COC(=O)c1ccc(C(O)C(F)(F)I)cc1. The van der Waals surface area contributed by atoms with Crippen molar-refractivity contribution in [1.29, 1.82) is 0 Å². The van der Waals surface area contributed by atoms with Crippen LogP contribution in [0.25, 0.3) is 0 Å². The molecule has 0 amide bonds. The number of carbonyl (C=O) groups excluding carboxylic acids is 1. The summed E-state index contributed by atoms with van der Waals surface area (Å²) in [7, 11) is 1.23. The zero-order chi connectivity index (χ0) is 12.3. The predicted molar refractivity (Wildman–Crippen MR) is 61.7 cm³/mol. The highest BCUT2D eigenvalue weighted by Gasteiger charge is 2.35. The molecule has 0 saturated carbocycles. The average molecular weight is 342 g/mol. The van der Waals surface area contributed by atoms with Gasteiger partial charge < -0.3 is 9.84 Å². The van der Waals surface area contributed by atoms with Crippen molar-refractivity contribution in [2.45, 2.75) is 10.0 Å². The van der Waals surface area contributed by atoms with Crippen molar-refractivity contribution in [3.05, 3.63) is 35.4 Å². The maximum atomic E-state index is 12.8. The molecule has 0 aromatic heterocycles. The van der Waals surface area contributed by atoms with E-state index in [0.29, 0.717) is 0 Å². The second-order valence-corrected chi connectivity index (χ2v) is 4.50. The molecule has 1 N–H and O–H groups in total. The van der Waals surface area contributed by atoms with Crippen molar-refractivity contribution in [2.24, 2.45) is 0 Å². The van der Waals surface area contributed by atoms with Gasteiger partial charge >= 0.3 is 9.90 Å². The molecule has 0 fully saturated rings. The first-order valence-electron chi connectivity index (χ1n) is 4.29. The fourth-order valence-electron chi connectivity index (χ4n) is 1.11. The quantitative estimate of drug-likeness (QED) is 0.522. The van der Waals surface area contributed by atoms with E-state index in [9.17, 15) is 18.7 Å². The number of benzene rings is 1. The molecule has 88 valence electrons. The van der Waals surface area contributed by atoms with Gasteiger partial charge in [0.25, 0.3) is 0 Å². The topological polar surface area (TPSA) is 46.5 Å². The van der Waals surface area contributed by atoms with Gasteiger partial charge in [0.2, 0.25) is 0 Å². The van der Waals surface area contributed by atoms with Crippen LogP contribution in [0.3, 0.4) is 0 Å². The number of methoxy groups -OCH3 is 1. The lowest BCUT2D eigenvalue weighted by Crippen LogP contribution is -2.18. The van der Waals surface area contributed by atoms with Crippen LogP contribution < -0.4 is 0 Å². The number of hydrogen-bond donors (Lipinski definition) is 1. The molecule has 16 heavy (non-hydrogen) atoms. The van der Waals surface area contributed by atoms with Gasteiger partial charge in [-0.05, 0) is 17.7 Å². The normalized spacial score (nSPS) is 13.3. The number of hydrogen-bond acceptors (Lipinski definition) is 3. The third-order valence-electron chi connectivity index (χ3n) is 1.96. The van der Waals surface area contributed by atoms with Gasteiger partial charge in [-0.1, -0.05) is 12.1 Å². The minimum absolute atomic E-state index is 0.0482. The van der Waals surface area contributed by atoms with Crippen LogP contribution in [0.4, 0.5) is 8.78 Å². The zero-order valence-corrected chi connectivity index (χ0v) is 10.4. The highest BCUT2D eigenvalue weighted by molar-refractivity contribution is 14.1. The van der Waals surface area contributed by atoms with E-state index >= 15 is 0 Å². The minimum Gasteiger partial charge on any atom is -0.465 e. The van der Waals surface area contributed by atoms with Gasteiger partial charge in [-0.3, -0.25) is 0 Å². The van der Waals surface area contributed by atoms with Crippen LogP contribution >= 0.6 is 22.6 Å². The Hall–Kier alpha value is -0.760. The fourth-order valence-corrected chi connectivity index (χ4v) is 1.47. The molecule has 1 rings (SSSR count). The van der Waals surface area contributed by atoms with Crippen LogP contribution in [-0.2, 0) is 4.74 Å². The molecule has 0 spiro atoms. The second kappa shape index (κ2) is 5.05. The lowest BCUT2D eigenvalue weighted by atomic mass is 10.1. The molecule has 1 atom stereocenters. The van der Waals surface area contributed by atoms with Crippen molar-refractivity contribution >= 4 is 28.6 Å². The van der Waals surface area contributed by atoms with Crippen LogP contribution in [0.2, 0.25) is 0 Å². The summed E-state index contributed by atoms with van der Waals surface area (Å²) in [5, 5.41) is 9.27. The minimum atomic E-state index is -3.25. The monoisotopic (exact) mass is 342 g/mol. The first-order valence-corrected chi connectivity index (χ1v) is 5.37. The van der Waals surface area contributed by atoms with Crippen molar-refractivity contribution < 1.29 is 23.4 Å². The Balaban J connectivity index is 2.91. The number of halogens is 3. The van der Waals surface area contributed by atoms with Crippen LogP contribution in [0.1, 0.15) is 22.0 Å². The predicted octanol–water partition coefficient (Wildman–Crippen LogP) is 2.53. The van der Waals surface area contributed by atoms with Gasteiger partial charge in [0, 0.05) is 22.6 Å². The molecule has 0 aliphatic rings. The Morgan fingerprint density at radius 1 is 1.44 bits per heavy atom. The van der Waals surface area contributed by atoms with Gasteiger partial charge in [-0.2, -0.15) is 8.78 Å². The van der Waals surface area contributed by atoms with Gasteiger partial charge in [-0.25, -0.2) is 4.79 Å². The summed E-state index contributed by atoms with van der Waals surface area (Å²) >= 11 is 0.861. The molecule has 0 aliphatic heterocycles. The lowest BCUT2D eigenvalue weighted by molar-refractivity contribution is -0.0206. The highest BCUT2D eigenvalue weighted by atomic mass is 127. The van der Waals surface area contributed by atoms with E-state index < -0.39 is 16.0 Å². The van der Waals surface area contributed by atoms with E-state index in [1.807, 2.05) is 0 Å². The Morgan fingerprint density at radius 3 is 2.31 bits per heavy atom. The number of alkyl halides is 3. The van der Waals surface area contributed by atoms with E-state index in [1.54, 1.807) is 0 Å². The molecule has 0 heterocycles. The Morgan fingerprint density at radius 2 is 1.94 bits per heavy atom. The van der Waals surface area contributed by atoms with E-state index in [0.717, 1.165) is 22.6 Å². The number of carbonyl (C=O) groups is 1. The van der Waals surface area contributed by atoms with Crippen LogP contribution in [0, 0.1) is 0 Å². The number of aliphatic hydroxyl groups excluding tert-OH is 1. The lowest BCUT2D eigenvalue weighted by Gasteiger charge is -2.16. The summed E-state index contributed by atoms with van der Waals surface area (Å²) in [5.74, 6) is -0.553. The molecule has 1 aromatic rings. The summed E-state index contributed by atoms with van der Waals surface area (Å²) in [6, 6.07) is 5.19. The molecule has 3 nitrogen and oxygen atoms in total. The van der Waals surface area contributed by atoms with Crippen molar-refractivity contribution in [3.63, 3.8) is 0 Å². The molecule has 0 bridgehead atoms. The Labute approximate surface area is 105 Å². The summed E-state index contributed by atoms with van der Waals surface area (Å²) in [5.41, 5.74) is 0.294. The van der Waals surface area contributed by atoms with E-state index in [4.69, 9.17) is 0 Å². The molecular formula is C10H9F2IO3. The van der Waals surface area contributed by atoms with E-state index in [-0.39, 0.29) is 11.1 Å². The summed E-state index contributed by atoms with van der Waals surface area (Å²) in [6.45, 7) is 0. The van der Waals surface area contributed by atoms with Crippen LogP contribution in [0.15, 0.2) is 24.3 Å². The van der Waals surface area contributed by atoms with Crippen LogP contribution in [0.5, 0.6) is 0 Å². The van der Waals surface area contributed by atoms with E-state index in [1.165, 1.54) is 31.4 Å². The fraction of sp³-hybridized carbons (Fsp3) is 0.300. The smallest absolute Gasteiger partial charge is 0.337 e. The number of rotatable bonds is 3. The van der Waals surface area contributed by atoms with Crippen molar-refractivity contribution in [2.75, 3.05) is 7.11 Å². The first-order chi connectivity index (χ1) is 7.36. The first kappa shape index (κ1) is 13.3. The number of esters is 1. The third-order valence-corrected chi connectivity index (χ3v) is 2.55. The van der Waals surface area contributed by atoms with Gasteiger partial charge in [0.05, 0.1) is 12.7 Å². The third kappa shape index (κ3) is 3.11. The number of aliphatic hydroxyl groups is 1. The van der Waals surface area contributed by atoms with Gasteiger partial charge in [0.1, 0.15) is 0 Å². The van der Waals surface area contributed by atoms with Gasteiger partial charge in [-0.15, -0.1) is 0 Å². The summed E-state index contributed by atoms with van der Waals surface area (Å²) < 4.78 is 26.8. The number of ether oxygens (including phenoxy) is 1. The molecule has 0 aliphatic carbocycles. The molecule has 1 aromatic carbocycles. The van der Waals surface area contributed by atoms with Crippen molar-refractivity contribution in [1.82, 2.24) is 0 Å². The zero-order valence-electron chi connectivity index (χ0n) is 8.28. The molecule has 1 unspecified atom stereocenters.